The first-order valence-electron chi connectivity index (χ1n) is 6.08. The Kier molecular flexibility index (Phi) is 4.74. The zero-order valence-corrected chi connectivity index (χ0v) is 10.8. The first-order chi connectivity index (χ1) is 7.52. The van der Waals surface area contributed by atoms with Crippen LogP contribution in [0.2, 0.25) is 0 Å². The van der Waals surface area contributed by atoms with Crippen molar-refractivity contribution in [2.24, 2.45) is 5.41 Å². The van der Waals surface area contributed by atoms with E-state index in [-0.39, 0.29) is 23.5 Å². The maximum Gasteiger partial charge on any atom is 0.221 e. The Labute approximate surface area is 98.1 Å². The number of hydrogen-bond donors (Lipinski definition) is 2. The quantitative estimate of drug-likeness (QED) is 0.710. The van der Waals surface area contributed by atoms with Gasteiger partial charge >= 0.3 is 0 Å². The lowest BCUT2D eigenvalue weighted by atomic mass is 9.64. The molecule has 0 spiro atoms. The van der Waals surface area contributed by atoms with Gasteiger partial charge < -0.3 is 15.4 Å². The Bertz CT molecular complexity index is 241. The molecule has 16 heavy (non-hydrogen) atoms. The summed E-state index contributed by atoms with van der Waals surface area (Å²) in [4.78, 5) is 11.6. The van der Waals surface area contributed by atoms with Gasteiger partial charge in [-0.3, -0.25) is 4.79 Å². The topological polar surface area (TPSA) is 50.4 Å². The van der Waals surface area contributed by atoms with Gasteiger partial charge in [0.05, 0.1) is 6.10 Å². The van der Waals surface area contributed by atoms with Gasteiger partial charge in [-0.05, 0) is 20.4 Å². The minimum Gasteiger partial charge on any atom is -0.378 e. The average Bonchev–Trinajstić information content (AvgIpc) is 2.25. The number of rotatable bonds is 6. The molecule has 0 aliphatic heterocycles. The standard InChI is InChI=1S/C12H24N2O2/c1-5-16-10-8-9(12(10,2)3)14-11(15)6-7-13-4/h9-10,13H,5-8H2,1-4H3,(H,14,15). The van der Waals surface area contributed by atoms with E-state index in [1.807, 2.05) is 14.0 Å². The molecular formula is C12H24N2O2. The number of nitrogens with one attached hydrogen (secondary N) is 2. The third-order valence-electron chi connectivity index (χ3n) is 3.48. The summed E-state index contributed by atoms with van der Waals surface area (Å²) >= 11 is 0. The fourth-order valence-corrected chi connectivity index (χ4v) is 2.12. The van der Waals surface area contributed by atoms with E-state index in [1.165, 1.54) is 0 Å². The molecule has 4 nitrogen and oxygen atoms in total. The molecule has 2 N–H and O–H groups in total. The molecule has 0 aromatic carbocycles. The molecule has 2 atom stereocenters. The van der Waals surface area contributed by atoms with Gasteiger partial charge in [0.15, 0.2) is 0 Å². The van der Waals surface area contributed by atoms with Crippen LogP contribution in [0.1, 0.15) is 33.6 Å². The smallest absolute Gasteiger partial charge is 0.221 e. The van der Waals surface area contributed by atoms with Crippen molar-refractivity contribution in [3.63, 3.8) is 0 Å². The van der Waals surface area contributed by atoms with E-state index in [0.717, 1.165) is 19.6 Å². The van der Waals surface area contributed by atoms with Crippen LogP contribution in [0, 0.1) is 5.41 Å². The third-order valence-corrected chi connectivity index (χ3v) is 3.48. The van der Waals surface area contributed by atoms with Crippen LogP contribution in [-0.4, -0.2) is 38.3 Å². The molecule has 4 heteroatoms. The zero-order chi connectivity index (χ0) is 12.2. The van der Waals surface area contributed by atoms with Crippen LogP contribution in [0.3, 0.4) is 0 Å². The summed E-state index contributed by atoms with van der Waals surface area (Å²) in [6, 6.07) is 0.258. The molecule has 0 saturated heterocycles. The van der Waals surface area contributed by atoms with Crippen molar-refractivity contribution in [2.45, 2.75) is 45.8 Å². The number of carbonyl (C=O) groups is 1. The van der Waals surface area contributed by atoms with Crippen LogP contribution in [0.25, 0.3) is 0 Å². The van der Waals surface area contributed by atoms with E-state index in [4.69, 9.17) is 4.74 Å². The Hall–Kier alpha value is -0.610. The fraction of sp³-hybridized carbons (Fsp3) is 0.917. The van der Waals surface area contributed by atoms with Gasteiger partial charge in [0.25, 0.3) is 0 Å². The summed E-state index contributed by atoms with van der Waals surface area (Å²) in [5.41, 5.74) is 0.0608. The highest BCUT2D eigenvalue weighted by Crippen LogP contribution is 2.42. The van der Waals surface area contributed by atoms with E-state index in [9.17, 15) is 4.79 Å². The first-order valence-corrected chi connectivity index (χ1v) is 6.08. The Morgan fingerprint density at radius 2 is 2.19 bits per heavy atom. The van der Waals surface area contributed by atoms with Crippen molar-refractivity contribution in [3.8, 4) is 0 Å². The van der Waals surface area contributed by atoms with Crippen LogP contribution in [-0.2, 0) is 9.53 Å². The minimum absolute atomic E-state index is 0.0608. The van der Waals surface area contributed by atoms with Crippen LogP contribution >= 0.6 is 0 Å². The highest BCUT2D eigenvalue weighted by Gasteiger charge is 2.49. The van der Waals surface area contributed by atoms with Crippen LogP contribution in [0.4, 0.5) is 0 Å². The monoisotopic (exact) mass is 228 g/mol. The molecule has 0 aromatic rings. The summed E-state index contributed by atoms with van der Waals surface area (Å²) in [6.45, 7) is 7.79. The van der Waals surface area contributed by atoms with E-state index < -0.39 is 0 Å². The van der Waals surface area contributed by atoms with Gasteiger partial charge in [-0.2, -0.15) is 0 Å². The largest absolute Gasteiger partial charge is 0.378 e. The molecule has 94 valence electrons. The number of ether oxygens (including phenoxy) is 1. The molecular weight excluding hydrogens is 204 g/mol. The Balaban J connectivity index is 2.32. The molecule has 0 radical (unpaired) electrons. The molecule has 2 unspecified atom stereocenters. The van der Waals surface area contributed by atoms with E-state index in [1.54, 1.807) is 0 Å². The van der Waals surface area contributed by atoms with Crippen molar-refractivity contribution in [3.05, 3.63) is 0 Å². The molecule has 1 saturated carbocycles. The van der Waals surface area contributed by atoms with Gasteiger partial charge in [-0.15, -0.1) is 0 Å². The number of carbonyl (C=O) groups excluding carboxylic acids is 1. The summed E-state index contributed by atoms with van der Waals surface area (Å²) in [7, 11) is 1.85. The predicted molar refractivity (Wildman–Crippen MR) is 64.3 cm³/mol. The SMILES string of the molecule is CCOC1CC(NC(=O)CCNC)C1(C)C. The van der Waals surface area contributed by atoms with Crippen LogP contribution in [0.15, 0.2) is 0 Å². The van der Waals surface area contributed by atoms with Crippen molar-refractivity contribution >= 4 is 5.91 Å². The maximum atomic E-state index is 11.6. The predicted octanol–water partition coefficient (Wildman–Crippen LogP) is 0.916. The lowest BCUT2D eigenvalue weighted by Crippen LogP contribution is -2.62. The average molecular weight is 228 g/mol. The zero-order valence-electron chi connectivity index (χ0n) is 10.8. The normalized spacial score (nSPS) is 27.2. The summed E-state index contributed by atoms with van der Waals surface area (Å²) in [5.74, 6) is 0.127. The van der Waals surface area contributed by atoms with Crippen LogP contribution < -0.4 is 10.6 Å². The first kappa shape index (κ1) is 13.5. The van der Waals surface area contributed by atoms with E-state index in [0.29, 0.717) is 6.42 Å². The number of amides is 1. The molecule has 1 amide bonds. The second kappa shape index (κ2) is 5.64. The maximum absolute atomic E-state index is 11.6. The third kappa shape index (κ3) is 2.95. The van der Waals surface area contributed by atoms with Gasteiger partial charge in [0, 0.05) is 31.0 Å². The molecule has 1 rings (SSSR count). The van der Waals surface area contributed by atoms with Crippen LogP contribution in [0.5, 0.6) is 0 Å². The Morgan fingerprint density at radius 3 is 2.69 bits per heavy atom. The van der Waals surface area contributed by atoms with Crippen molar-refractivity contribution in [2.75, 3.05) is 20.2 Å². The summed E-state index contributed by atoms with van der Waals surface area (Å²) in [6.07, 6.45) is 1.77. The highest BCUT2D eigenvalue weighted by atomic mass is 16.5. The van der Waals surface area contributed by atoms with Crippen molar-refractivity contribution in [1.29, 1.82) is 0 Å². The number of hydrogen-bond acceptors (Lipinski definition) is 3. The Morgan fingerprint density at radius 1 is 1.50 bits per heavy atom. The molecule has 0 heterocycles. The van der Waals surface area contributed by atoms with E-state index in [2.05, 4.69) is 24.5 Å². The molecule has 1 aliphatic carbocycles. The fourth-order valence-electron chi connectivity index (χ4n) is 2.12. The molecule has 1 fully saturated rings. The van der Waals surface area contributed by atoms with Gasteiger partial charge in [0.1, 0.15) is 0 Å². The van der Waals surface area contributed by atoms with Crippen molar-refractivity contribution < 1.29 is 9.53 Å². The highest BCUT2D eigenvalue weighted by molar-refractivity contribution is 5.76. The molecule has 0 bridgehead atoms. The molecule has 1 aliphatic rings. The second-order valence-electron chi connectivity index (χ2n) is 4.97. The van der Waals surface area contributed by atoms with Gasteiger partial charge in [-0.25, -0.2) is 0 Å². The summed E-state index contributed by atoms with van der Waals surface area (Å²) < 4.78 is 5.62. The van der Waals surface area contributed by atoms with Gasteiger partial charge in [-0.1, -0.05) is 13.8 Å². The van der Waals surface area contributed by atoms with Gasteiger partial charge in [0.2, 0.25) is 5.91 Å². The van der Waals surface area contributed by atoms with Crippen molar-refractivity contribution in [1.82, 2.24) is 10.6 Å². The second-order valence-corrected chi connectivity index (χ2v) is 4.97. The van der Waals surface area contributed by atoms with E-state index >= 15 is 0 Å². The summed E-state index contributed by atoms with van der Waals surface area (Å²) in [5, 5.41) is 6.04. The lowest BCUT2D eigenvalue weighted by molar-refractivity contribution is -0.136. The molecule has 0 aromatic heterocycles. The minimum atomic E-state index is 0.0608. The lowest BCUT2D eigenvalue weighted by Gasteiger charge is -2.51.